The molecule has 1 rings (SSSR count). The Kier molecular flexibility index (Phi) is 3.63. The zero-order valence-electron chi connectivity index (χ0n) is 10.00. The summed E-state index contributed by atoms with van der Waals surface area (Å²) in [7, 11) is 0. The molecule has 0 amide bonds. The molecule has 1 unspecified atom stereocenters. The van der Waals surface area contributed by atoms with Gasteiger partial charge in [-0.1, -0.05) is 26.8 Å². The molecule has 1 heterocycles. The summed E-state index contributed by atoms with van der Waals surface area (Å²) in [4.78, 5) is 3.99. The van der Waals surface area contributed by atoms with E-state index in [1.165, 1.54) is 20.8 Å². The maximum absolute atomic E-state index is 13.6. The number of halogens is 2. The normalized spacial score (nSPS) is 14.9. The van der Waals surface area contributed by atoms with E-state index in [1.54, 1.807) is 31.3 Å². The van der Waals surface area contributed by atoms with Gasteiger partial charge in [0.2, 0.25) is 0 Å². The molecule has 0 saturated heterocycles. The summed E-state index contributed by atoms with van der Waals surface area (Å²) in [6, 6.07) is 5.15. The van der Waals surface area contributed by atoms with E-state index in [2.05, 4.69) is 4.98 Å². The van der Waals surface area contributed by atoms with E-state index in [1.807, 2.05) is 0 Å². The fourth-order valence-electron chi connectivity index (χ4n) is 1.08. The van der Waals surface area contributed by atoms with Crippen LogP contribution in [0.3, 0.4) is 0 Å². The van der Waals surface area contributed by atoms with Crippen LogP contribution >= 0.6 is 0 Å². The Labute approximate surface area is 94.7 Å². The highest BCUT2D eigenvalue weighted by Gasteiger charge is 2.46. The van der Waals surface area contributed by atoms with Gasteiger partial charge >= 0.3 is 6.11 Å². The molecule has 1 aromatic rings. The summed E-state index contributed by atoms with van der Waals surface area (Å²) < 4.78 is 32.0. The van der Waals surface area contributed by atoms with Crippen LogP contribution in [0.25, 0.3) is 0 Å². The SMILES string of the molecule is CC(OC(F)(F)C(C)(C)C)c1ccccn1. The Bertz CT molecular complexity index is 333. The highest BCUT2D eigenvalue weighted by molar-refractivity contribution is 5.06. The first-order valence-corrected chi connectivity index (χ1v) is 5.20. The van der Waals surface area contributed by atoms with Gasteiger partial charge in [-0.3, -0.25) is 4.98 Å². The van der Waals surface area contributed by atoms with Crippen LogP contribution in [0.4, 0.5) is 8.78 Å². The van der Waals surface area contributed by atoms with E-state index >= 15 is 0 Å². The lowest BCUT2D eigenvalue weighted by molar-refractivity contribution is -0.314. The van der Waals surface area contributed by atoms with Crippen molar-refractivity contribution in [1.82, 2.24) is 4.98 Å². The smallest absolute Gasteiger partial charge is 0.311 e. The summed E-state index contributed by atoms with van der Waals surface area (Å²) in [6.07, 6.45) is -2.34. The summed E-state index contributed by atoms with van der Waals surface area (Å²) in [5.41, 5.74) is -0.720. The highest BCUT2D eigenvalue weighted by Crippen LogP contribution is 2.39. The molecule has 0 aliphatic carbocycles. The molecule has 0 aromatic carbocycles. The van der Waals surface area contributed by atoms with Crippen LogP contribution in [-0.2, 0) is 4.74 Å². The maximum Gasteiger partial charge on any atom is 0.361 e. The Morgan fingerprint density at radius 3 is 2.31 bits per heavy atom. The third kappa shape index (κ3) is 2.98. The average Bonchev–Trinajstić information content (AvgIpc) is 2.16. The van der Waals surface area contributed by atoms with Crippen LogP contribution in [0.5, 0.6) is 0 Å². The van der Waals surface area contributed by atoms with Crippen molar-refractivity contribution in [3.8, 4) is 0 Å². The standard InChI is InChI=1S/C12H17F2NO/c1-9(10-7-5-6-8-15-10)16-12(13,14)11(2,3)4/h5-9H,1-4H3. The minimum Gasteiger partial charge on any atom is -0.311 e. The third-order valence-corrected chi connectivity index (χ3v) is 2.30. The van der Waals surface area contributed by atoms with Crippen molar-refractivity contribution in [1.29, 1.82) is 0 Å². The number of alkyl halides is 2. The summed E-state index contributed by atoms with van der Waals surface area (Å²) in [6.45, 7) is 5.90. The molecule has 90 valence electrons. The second kappa shape index (κ2) is 4.45. The molecule has 0 saturated carbocycles. The number of nitrogens with zero attached hydrogens (tertiary/aromatic N) is 1. The van der Waals surface area contributed by atoms with Crippen molar-refractivity contribution in [2.24, 2.45) is 5.41 Å². The molecule has 1 atom stereocenters. The first kappa shape index (κ1) is 13.0. The fourth-order valence-corrected chi connectivity index (χ4v) is 1.08. The molecular formula is C12H17F2NO. The molecule has 0 bridgehead atoms. The molecule has 0 spiro atoms. The van der Waals surface area contributed by atoms with Gasteiger partial charge in [0.15, 0.2) is 0 Å². The van der Waals surface area contributed by atoms with Crippen LogP contribution in [0.15, 0.2) is 24.4 Å². The second-order valence-corrected chi connectivity index (χ2v) is 4.78. The Morgan fingerprint density at radius 2 is 1.88 bits per heavy atom. The van der Waals surface area contributed by atoms with Gasteiger partial charge in [0.1, 0.15) is 6.10 Å². The van der Waals surface area contributed by atoms with E-state index in [9.17, 15) is 8.78 Å². The molecule has 0 radical (unpaired) electrons. The molecule has 0 N–H and O–H groups in total. The lowest BCUT2D eigenvalue weighted by atomic mass is 9.95. The molecule has 16 heavy (non-hydrogen) atoms. The maximum atomic E-state index is 13.6. The lowest BCUT2D eigenvalue weighted by Crippen LogP contribution is -2.37. The molecule has 2 nitrogen and oxygen atoms in total. The van der Waals surface area contributed by atoms with E-state index in [4.69, 9.17) is 4.74 Å². The van der Waals surface area contributed by atoms with Gasteiger partial charge in [0.25, 0.3) is 0 Å². The van der Waals surface area contributed by atoms with Crippen molar-refractivity contribution >= 4 is 0 Å². The molecule has 0 aliphatic rings. The second-order valence-electron chi connectivity index (χ2n) is 4.78. The monoisotopic (exact) mass is 229 g/mol. The minimum atomic E-state index is -3.18. The minimum absolute atomic E-state index is 0.506. The fraction of sp³-hybridized carbons (Fsp3) is 0.583. The van der Waals surface area contributed by atoms with Gasteiger partial charge in [0, 0.05) is 6.20 Å². The average molecular weight is 229 g/mol. The highest BCUT2D eigenvalue weighted by atomic mass is 19.3. The topological polar surface area (TPSA) is 22.1 Å². The summed E-state index contributed by atoms with van der Waals surface area (Å²) >= 11 is 0. The largest absolute Gasteiger partial charge is 0.361 e. The van der Waals surface area contributed by atoms with Gasteiger partial charge in [0.05, 0.1) is 11.1 Å². The van der Waals surface area contributed by atoms with E-state index in [0.717, 1.165) is 0 Å². The summed E-state index contributed by atoms with van der Waals surface area (Å²) in [5.74, 6) is 0. The van der Waals surface area contributed by atoms with Crippen molar-refractivity contribution < 1.29 is 13.5 Å². The van der Waals surface area contributed by atoms with Gasteiger partial charge in [-0.05, 0) is 19.1 Å². The van der Waals surface area contributed by atoms with Gasteiger partial charge in [-0.15, -0.1) is 0 Å². The van der Waals surface area contributed by atoms with Crippen LogP contribution < -0.4 is 0 Å². The van der Waals surface area contributed by atoms with Gasteiger partial charge in [-0.2, -0.15) is 8.78 Å². The van der Waals surface area contributed by atoms with Gasteiger partial charge in [-0.25, -0.2) is 0 Å². The lowest BCUT2D eigenvalue weighted by Gasteiger charge is -2.31. The van der Waals surface area contributed by atoms with Gasteiger partial charge < -0.3 is 4.74 Å². The van der Waals surface area contributed by atoms with Crippen molar-refractivity contribution in [3.05, 3.63) is 30.1 Å². The molecular weight excluding hydrogens is 212 g/mol. The molecule has 0 fully saturated rings. The van der Waals surface area contributed by atoms with E-state index in [0.29, 0.717) is 5.69 Å². The number of hydrogen-bond donors (Lipinski definition) is 0. The number of hydrogen-bond acceptors (Lipinski definition) is 2. The predicted molar refractivity (Wildman–Crippen MR) is 58.1 cm³/mol. The quantitative estimate of drug-likeness (QED) is 0.786. The Hall–Kier alpha value is -1.03. The van der Waals surface area contributed by atoms with Crippen molar-refractivity contribution in [3.63, 3.8) is 0 Å². The molecule has 4 heteroatoms. The van der Waals surface area contributed by atoms with Crippen LogP contribution in [0, 0.1) is 5.41 Å². The van der Waals surface area contributed by atoms with E-state index < -0.39 is 17.6 Å². The zero-order chi connectivity index (χ0) is 12.4. The number of rotatable bonds is 3. The van der Waals surface area contributed by atoms with Crippen LogP contribution in [0.2, 0.25) is 0 Å². The van der Waals surface area contributed by atoms with Crippen molar-refractivity contribution in [2.75, 3.05) is 0 Å². The van der Waals surface area contributed by atoms with E-state index in [-0.39, 0.29) is 0 Å². The third-order valence-electron chi connectivity index (χ3n) is 2.30. The Morgan fingerprint density at radius 1 is 1.25 bits per heavy atom. The first-order valence-electron chi connectivity index (χ1n) is 5.20. The predicted octanol–water partition coefficient (Wildman–Crippen LogP) is 3.80. The number of aromatic nitrogens is 1. The first-order chi connectivity index (χ1) is 7.24. The number of ether oxygens (including phenoxy) is 1. The van der Waals surface area contributed by atoms with Crippen LogP contribution in [-0.4, -0.2) is 11.1 Å². The van der Waals surface area contributed by atoms with Crippen LogP contribution in [0.1, 0.15) is 39.5 Å². The number of pyridine rings is 1. The summed E-state index contributed by atoms with van der Waals surface area (Å²) in [5, 5.41) is 0. The molecule has 0 aliphatic heterocycles. The van der Waals surface area contributed by atoms with Crippen molar-refractivity contribution in [2.45, 2.75) is 39.9 Å². The molecule has 1 aromatic heterocycles. The Balaban J connectivity index is 2.76. The zero-order valence-corrected chi connectivity index (χ0v) is 10.00.